The SMILES string of the molecule is NC1CCN(C(=O)c2ccc(C(=O)O)s2)CC1. The Morgan fingerprint density at radius 3 is 2.41 bits per heavy atom. The molecule has 1 aromatic rings. The Labute approximate surface area is 103 Å². The number of likely N-dealkylation sites (tertiary alicyclic amines) is 1. The van der Waals surface area contributed by atoms with Crippen molar-refractivity contribution in [3.8, 4) is 0 Å². The Morgan fingerprint density at radius 2 is 1.88 bits per heavy atom. The lowest BCUT2D eigenvalue weighted by Gasteiger charge is -2.29. The first-order valence-electron chi connectivity index (χ1n) is 5.46. The lowest BCUT2D eigenvalue weighted by Crippen LogP contribution is -2.42. The topological polar surface area (TPSA) is 83.6 Å². The Hall–Kier alpha value is -1.40. The number of amides is 1. The van der Waals surface area contributed by atoms with Crippen LogP contribution in [0.4, 0.5) is 0 Å². The van der Waals surface area contributed by atoms with Crippen LogP contribution in [0, 0.1) is 0 Å². The van der Waals surface area contributed by atoms with Crippen molar-refractivity contribution in [3.05, 3.63) is 21.9 Å². The first kappa shape index (κ1) is 12.1. The fourth-order valence-corrected chi connectivity index (χ4v) is 2.64. The fraction of sp³-hybridized carbons (Fsp3) is 0.455. The number of piperidine rings is 1. The number of hydrogen-bond acceptors (Lipinski definition) is 4. The molecule has 0 spiro atoms. The molecule has 0 aromatic carbocycles. The molecular weight excluding hydrogens is 240 g/mol. The van der Waals surface area contributed by atoms with Crippen LogP contribution in [0.1, 0.15) is 32.2 Å². The van der Waals surface area contributed by atoms with Crippen LogP contribution in [-0.2, 0) is 0 Å². The summed E-state index contributed by atoms with van der Waals surface area (Å²) in [7, 11) is 0. The number of aromatic carboxylic acids is 1. The van der Waals surface area contributed by atoms with Gasteiger partial charge in [0.05, 0.1) is 4.88 Å². The molecule has 0 radical (unpaired) electrons. The molecule has 92 valence electrons. The quantitative estimate of drug-likeness (QED) is 0.825. The second-order valence-corrected chi connectivity index (χ2v) is 5.18. The molecule has 1 aromatic heterocycles. The molecule has 1 aliphatic rings. The van der Waals surface area contributed by atoms with Crippen molar-refractivity contribution in [1.29, 1.82) is 0 Å². The van der Waals surface area contributed by atoms with Gasteiger partial charge in [0, 0.05) is 19.1 Å². The number of hydrogen-bond donors (Lipinski definition) is 2. The highest BCUT2D eigenvalue weighted by Crippen LogP contribution is 2.20. The van der Waals surface area contributed by atoms with E-state index < -0.39 is 5.97 Å². The van der Waals surface area contributed by atoms with Gasteiger partial charge < -0.3 is 15.7 Å². The van der Waals surface area contributed by atoms with Gasteiger partial charge >= 0.3 is 5.97 Å². The number of carboxylic acids is 1. The Balaban J connectivity index is 2.06. The molecule has 17 heavy (non-hydrogen) atoms. The zero-order chi connectivity index (χ0) is 12.4. The minimum absolute atomic E-state index is 0.0885. The summed E-state index contributed by atoms with van der Waals surface area (Å²) in [5, 5.41) is 8.79. The van der Waals surface area contributed by atoms with Gasteiger partial charge in [0.15, 0.2) is 0 Å². The van der Waals surface area contributed by atoms with Gasteiger partial charge in [0.1, 0.15) is 4.88 Å². The summed E-state index contributed by atoms with van der Waals surface area (Å²) >= 11 is 1.02. The molecule has 0 bridgehead atoms. The minimum atomic E-state index is -0.991. The Bertz CT molecular complexity index is 436. The van der Waals surface area contributed by atoms with Crippen molar-refractivity contribution in [1.82, 2.24) is 4.90 Å². The number of carbonyl (C=O) groups is 2. The van der Waals surface area contributed by atoms with E-state index >= 15 is 0 Å². The van der Waals surface area contributed by atoms with Gasteiger partial charge in [-0.25, -0.2) is 4.79 Å². The molecule has 2 heterocycles. The zero-order valence-electron chi connectivity index (χ0n) is 9.26. The highest BCUT2D eigenvalue weighted by molar-refractivity contribution is 7.15. The monoisotopic (exact) mass is 254 g/mol. The lowest BCUT2D eigenvalue weighted by molar-refractivity contribution is 0.0699. The maximum Gasteiger partial charge on any atom is 0.345 e. The maximum absolute atomic E-state index is 12.0. The predicted molar refractivity (Wildman–Crippen MR) is 64.4 cm³/mol. The van der Waals surface area contributed by atoms with Crippen LogP contribution >= 0.6 is 11.3 Å². The normalized spacial score (nSPS) is 17.1. The van der Waals surface area contributed by atoms with E-state index in [1.807, 2.05) is 0 Å². The molecule has 5 nitrogen and oxygen atoms in total. The molecule has 6 heteroatoms. The summed E-state index contributed by atoms with van der Waals surface area (Å²) in [5.74, 6) is -1.08. The van der Waals surface area contributed by atoms with E-state index in [-0.39, 0.29) is 16.8 Å². The molecule has 0 unspecified atom stereocenters. The van der Waals surface area contributed by atoms with Crippen LogP contribution in [0.5, 0.6) is 0 Å². The summed E-state index contributed by atoms with van der Waals surface area (Å²) in [6, 6.07) is 3.22. The Morgan fingerprint density at radius 1 is 1.29 bits per heavy atom. The number of nitrogens with two attached hydrogens (primary N) is 1. The molecule has 1 amide bonds. The van der Waals surface area contributed by atoms with Gasteiger partial charge in [-0.05, 0) is 25.0 Å². The van der Waals surface area contributed by atoms with Crippen molar-refractivity contribution in [2.45, 2.75) is 18.9 Å². The highest BCUT2D eigenvalue weighted by Gasteiger charge is 2.23. The lowest BCUT2D eigenvalue weighted by atomic mass is 10.1. The predicted octanol–water partition coefficient (Wildman–Crippen LogP) is 1.01. The van der Waals surface area contributed by atoms with E-state index in [1.165, 1.54) is 6.07 Å². The van der Waals surface area contributed by atoms with Crippen molar-refractivity contribution >= 4 is 23.2 Å². The zero-order valence-corrected chi connectivity index (χ0v) is 10.1. The van der Waals surface area contributed by atoms with Crippen molar-refractivity contribution < 1.29 is 14.7 Å². The van der Waals surface area contributed by atoms with Crippen LogP contribution in [0.2, 0.25) is 0 Å². The number of carbonyl (C=O) groups excluding carboxylic acids is 1. The molecule has 0 atom stereocenters. The van der Waals surface area contributed by atoms with Crippen LogP contribution in [0.15, 0.2) is 12.1 Å². The van der Waals surface area contributed by atoms with Gasteiger partial charge in [-0.15, -0.1) is 11.3 Å². The Kier molecular flexibility index (Phi) is 3.44. The van der Waals surface area contributed by atoms with Gasteiger partial charge in [-0.2, -0.15) is 0 Å². The third-order valence-corrected chi connectivity index (χ3v) is 3.92. The van der Waals surface area contributed by atoms with Crippen molar-refractivity contribution in [2.75, 3.05) is 13.1 Å². The van der Waals surface area contributed by atoms with E-state index in [0.29, 0.717) is 18.0 Å². The molecular formula is C11H14N2O3S. The summed E-state index contributed by atoms with van der Waals surface area (Å²) in [6.45, 7) is 1.31. The van der Waals surface area contributed by atoms with Crippen LogP contribution < -0.4 is 5.73 Å². The molecule has 1 aliphatic heterocycles. The summed E-state index contributed by atoms with van der Waals surface area (Å²) in [5.41, 5.74) is 5.77. The fourth-order valence-electron chi connectivity index (χ4n) is 1.83. The van der Waals surface area contributed by atoms with Crippen LogP contribution in [0.25, 0.3) is 0 Å². The second kappa shape index (κ2) is 4.85. The highest BCUT2D eigenvalue weighted by atomic mass is 32.1. The number of carboxylic acid groups (broad SMARTS) is 1. The van der Waals surface area contributed by atoms with E-state index in [4.69, 9.17) is 10.8 Å². The van der Waals surface area contributed by atoms with Gasteiger partial charge in [0.25, 0.3) is 5.91 Å². The van der Waals surface area contributed by atoms with Gasteiger partial charge in [-0.1, -0.05) is 0 Å². The number of rotatable bonds is 2. The molecule has 2 rings (SSSR count). The third-order valence-electron chi connectivity index (χ3n) is 2.85. The van der Waals surface area contributed by atoms with Crippen molar-refractivity contribution in [3.63, 3.8) is 0 Å². The first-order chi connectivity index (χ1) is 8.08. The van der Waals surface area contributed by atoms with Crippen LogP contribution in [0.3, 0.4) is 0 Å². The van der Waals surface area contributed by atoms with Crippen molar-refractivity contribution in [2.24, 2.45) is 5.73 Å². The minimum Gasteiger partial charge on any atom is -0.477 e. The molecule has 3 N–H and O–H groups in total. The molecule has 0 saturated carbocycles. The van der Waals surface area contributed by atoms with E-state index in [1.54, 1.807) is 11.0 Å². The summed E-state index contributed by atoms with van der Waals surface area (Å²) in [4.78, 5) is 25.2. The largest absolute Gasteiger partial charge is 0.477 e. The molecule has 0 aliphatic carbocycles. The number of thiophene rings is 1. The summed E-state index contributed by atoms with van der Waals surface area (Å²) in [6.07, 6.45) is 1.62. The third kappa shape index (κ3) is 2.65. The molecule has 1 fully saturated rings. The average molecular weight is 254 g/mol. The molecule has 1 saturated heterocycles. The second-order valence-electron chi connectivity index (χ2n) is 4.10. The van der Waals surface area contributed by atoms with Gasteiger partial charge in [0.2, 0.25) is 0 Å². The first-order valence-corrected chi connectivity index (χ1v) is 6.27. The average Bonchev–Trinajstić information content (AvgIpc) is 2.78. The number of nitrogens with zero attached hydrogens (tertiary/aromatic N) is 1. The standard InChI is InChI=1S/C11H14N2O3S/c12-7-3-5-13(6-4-7)10(14)8-1-2-9(17-8)11(15)16/h1-2,7H,3-6,12H2,(H,15,16). The maximum atomic E-state index is 12.0. The smallest absolute Gasteiger partial charge is 0.345 e. The van der Waals surface area contributed by atoms with Crippen LogP contribution in [-0.4, -0.2) is 41.0 Å². The van der Waals surface area contributed by atoms with E-state index in [0.717, 1.165) is 24.2 Å². The van der Waals surface area contributed by atoms with E-state index in [9.17, 15) is 9.59 Å². The summed E-state index contributed by atoms with van der Waals surface area (Å²) < 4.78 is 0. The van der Waals surface area contributed by atoms with Gasteiger partial charge in [-0.3, -0.25) is 4.79 Å². The van der Waals surface area contributed by atoms with E-state index in [2.05, 4.69) is 0 Å².